The van der Waals surface area contributed by atoms with E-state index in [-0.39, 0.29) is 30.4 Å². The molecule has 1 aromatic rings. The lowest BCUT2D eigenvalue weighted by Crippen LogP contribution is -2.40. The van der Waals surface area contributed by atoms with Crippen LogP contribution in [0.25, 0.3) is 0 Å². The summed E-state index contributed by atoms with van der Waals surface area (Å²) >= 11 is 0. The number of aryl methyl sites for hydroxylation is 1. The van der Waals surface area contributed by atoms with Gasteiger partial charge in [0.25, 0.3) is 0 Å². The molecule has 2 unspecified atom stereocenters. The van der Waals surface area contributed by atoms with Crippen molar-refractivity contribution in [2.24, 2.45) is 5.73 Å². The van der Waals surface area contributed by atoms with Crippen LogP contribution >= 0.6 is 12.4 Å². The van der Waals surface area contributed by atoms with Gasteiger partial charge in [-0.2, -0.15) is 5.10 Å². The minimum atomic E-state index is -0.0759. The fourth-order valence-corrected chi connectivity index (χ4v) is 2.12. The summed E-state index contributed by atoms with van der Waals surface area (Å²) in [6.07, 6.45) is 5.04. The van der Waals surface area contributed by atoms with Crippen LogP contribution in [0.3, 0.4) is 0 Å². The molecule has 2 atom stereocenters. The number of carbonyl (C=O) groups is 1. The van der Waals surface area contributed by atoms with Crippen LogP contribution in [-0.2, 0) is 17.6 Å². The van der Waals surface area contributed by atoms with E-state index in [0.29, 0.717) is 6.42 Å². The molecule has 0 spiro atoms. The molecule has 1 aliphatic rings. The van der Waals surface area contributed by atoms with E-state index < -0.39 is 0 Å². The van der Waals surface area contributed by atoms with Crippen LogP contribution in [0.5, 0.6) is 0 Å². The SMILES string of the molecule is CC(N)CC(=O)NC1CCc2[nH]ncc2C1.Cl. The van der Waals surface area contributed by atoms with Gasteiger partial charge in [-0.25, -0.2) is 0 Å². The highest BCUT2D eigenvalue weighted by Crippen LogP contribution is 2.18. The first-order chi connectivity index (χ1) is 7.65. The molecule has 0 bridgehead atoms. The summed E-state index contributed by atoms with van der Waals surface area (Å²) in [6.45, 7) is 1.84. The fraction of sp³-hybridized carbons (Fsp3) is 0.636. The number of fused-ring (bicyclic) bond motifs is 1. The lowest BCUT2D eigenvalue weighted by atomic mass is 9.93. The molecular formula is C11H19ClN4O. The minimum Gasteiger partial charge on any atom is -0.353 e. The predicted octanol–water partition coefficient (Wildman–Crippen LogP) is 0.542. The van der Waals surface area contributed by atoms with E-state index in [4.69, 9.17) is 5.73 Å². The van der Waals surface area contributed by atoms with Gasteiger partial charge in [-0.3, -0.25) is 9.89 Å². The number of nitrogens with two attached hydrogens (primary N) is 1. The van der Waals surface area contributed by atoms with Crippen LogP contribution in [0.15, 0.2) is 6.20 Å². The standard InChI is InChI=1S/C11H18N4O.ClH/c1-7(12)4-11(16)14-9-2-3-10-8(5-9)6-13-15-10;/h6-7,9H,2-5,12H2,1H3,(H,13,15)(H,14,16);1H. The molecule has 0 aliphatic heterocycles. The van der Waals surface area contributed by atoms with Crippen molar-refractivity contribution >= 4 is 18.3 Å². The van der Waals surface area contributed by atoms with Crippen molar-refractivity contribution in [3.8, 4) is 0 Å². The molecular weight excluding hydrogens is 240 g/mol. The van der Waals surface area contributed by atoms with Crippen LogP contribution in [0.1, 0.15) is 31.0 Å². The number of nitrogens with one attached hydrogen (secondary N) is 2. The fourth-order valence-electron chi connectivity index (χ4n) is 2.12. The Labute approximate surface area is 107 Å². The third-order valence-electron chi connectivity index (χ3n) is 2.89. The van der Waals surface area contributed by atoms with Gasteiger partial charge >= 0.3 is 0 Å². The number of hydrogen-bond donors (Lipinski definition) is 3. The highest BCUT2D eigenvalue weighted by atomic mass is 35.5. The Kier molecular flexibility index (Phi) is 4.96. The van der Waals surface area contributed by atoms with Gasteiger partial charge in [0.1, 0.15) is 0 Å². The summed E-state index contributed by atoms with van der Waals surface area (Å²) in [6, 6.07) is 0.157. The number of carbonyl (C=O) groups excluding carboxylic acids is 1. The van der Waals surface area contributed by atoms with Gasteiger partial charge in [0.2, 0.25) is 5.91 Å². The minimum absolute atomic E-state index is 0. The average Bonchev–Trinajstić information content (AvgIpc) is 2.63. The van der Waals surface area contributed by atoms with Crippen molar-refractivity contribution < 1.29 is 4.79 Å². The van der Waals surface area contributed by atoms with Crippen molar-refractivity contribution in [3.05, 3.63) is 17.5 Å². The molecule has 1 aliphatic carbocycles. The molecule has 1 aromatic heterocycles. The van der Waals surface area contributed by atoms with Crippen molar-refractivity contribution in [1.29, 1.82) is 0 Å². The molecule has 2 rings (SSSR count). The highest BCUT2D eigenvalue weighted by Gasteiger charge is 2.21. The van der Waals surface area contributed by atoms with Crippen LogP contribution in [-0.4, -0.2) is 28.2 Å². The number of hydrogen-bond acceptors (Lipinski definition) is 3. The van der Waals surface area contributed by atoms with Crippen molar-refractivity contribution in [3.63, 3.8) is 0 Å². The smallest absolute Gasteiger partial charge is 0.221 e. The molecule has 0 aromatic carbocycles. The Hall–Kier alpha value is -1.07. The average molecular weight is 259 g/mol. The van der Waals surface area contributed by atoms with E-state index in [9.17, 15) is 4.79 Å². The molecule has 1 heterocycles. The molecule has 0 saturated carbocycles. The molecule has 5 nitrogen and oxygen atoms in total. The number of aromatic amines is 1. The van der Waals surface area contributed by atoms with Crippen LogP contribution in [0.2, 0.25) is 0 Å². The van der Waals surface area contributed by atoms with Gasteiger partial charge in [0, 0.05) is 24.2 Å². The van der Waals surface area contributed by atoms with Gasteiger partial charge < -0.3 is 11.1 Å². The number of amides is 1. The van der Waals surface area contributed by atoms with Crippen LogP contribution in [0.4, 0.5) is 0 Å². The zero-order chi connectivity index (χ0) is 11.5. The van der Waals surface area contributed by atoms with Gasteiger partial charge in [0.15, 0.2) is 0 Å². The molecule has 6 heteroatoms. The first-order valence-electron chi connectivity index (χ1n) is 5.71. The van der Waals surface area contributed by atoms with Crippen molar-refractivity contribution in [2.45, 2.75) is 44.7 Å². The summed E-state index contributed by atoms with van der Waals surface area (Å²) in [5.41, 5.74) is 8.01. The summed E-state index contributed by atoms with van der Waals surface area (Å²) in [7, 11) is 0. The van der Waals surface area contributed by atoms with Crippen LogP contribution < -0.4 is 11.1 Å². The van der Waals surface area contributed by atoms with Crippen molar-refractivity contribution in [1.82, 2.24) is 15.5 Å². The molecule has 1 amide bonds. The number of halogens is 1. The van der Waals surface area contributed by atoms with E-state index in [1.165, 1.54) is 11.3 Å². The lowest BCUT2D eigenvalue weighted by molar-refractivity contribution is -0.122. The summed E-state index contributed by atoms with van der Waals surface area (Å²) in [4.78, 5) is 11.6. The lowest BCUT2D eigenvalue weighted by Gasteiger charge is -2.23. The number of nitrogens with zero attached hydrogens (tertiary/aromatic N) is 1. The van der Waals surface area contributed by atoms with E-state index in [1.54, 1.807) is 0 Å². The van der Waals surface area contributed by atoms with Crippen molar-refractivity contribution in [2.75, 3.05) is 0 Å². The number of aromatic nitrogens is 2. The molecule has 96 valence electrons. The Bertz CT molecular complexity index is 377. The Morgan fingerprint density at radius 1 is 1.76 bits per heavy atom. The summed E-state index contributed by atoms with van der Waals surface area (Å²) in [5, 5.41) is 10.0. The Morgan fingerprint density at radius 3 is 3.24 bits per heavy atom. The maximum Gasteiger partial charge on any atom is 0.221 e. The van der Waals surface area contributed by atoms with Crippen LogP contribution in [0, 0.1) is 0 Å². The second kappa shape index (κ2) is 6.02. The third kappa shape index (κ3) is 3.71. The Morgan fingerprint density at radius 2 is 2.53 bits per heavy atom. The molecule has 4 N–H and O–H groups in total. The van der Waals surface area contributed by atoms with Gasteiger partial charge in [-0.1, -0.05) is 0 Å². The summed E-state index contributed by atoms with van der Waals surface area (Å²) < 4.78 is 0. The summed E-state index contributed by atoms with van der Waals surface area (Å²) in [5.74, 6) is 0.0481. The molecule has 17 heavy (non-hydrogen) atoms. The third-order valence-corrected chi connectivity index (χ3v) is 2.89. The zero-order valence-electron chi connectivity index (χ0n) is 9.90. The highest BCUT2D eigenvalue weighted by molar-refractivity contribution is 5.85. The molecule has 0 saturated heterocycles. The van der Waals surface area contributed by atoms with E-state index in [2.05, 4.69) is 15.5 Å². The molecule has 0 fully saturated rings. The van der Waals surface area contributed by atoms with Gasteiger partial charge in [0.05, 0.1) is 6.20 Å². The number of H-pyrrole nitrogens is 1. The predicted molar refractivity (Wildman–Crippen MR) is 68.1 cm³/mol. The quantitative estimate of drug-likeness (QED) is 0.740. The largest absolute Gasteiger partial charge is 0.353 e. The second-order valence-corrected chi connectivity index (χ2v) is 4.56. The first kappa shape index (κ1) is 14.0. The van der Waals surface area contributed by atoms with E-state index in [0.717, 1.165) is 19.3 Å². The normalized spacial score (nSPS) is 20.0. The van der Waals surface area contributed by atoms with E-state index in [1.807, 2.05) is 13.1 Å². The van der Waals surface area contributed by atoms with E-state index >= 15 is 0 Å². The maximum atomic E-state index is 11.6. The molecule has 0 radical (unpaired) electrons. The first-order valence-corrected chi connectivity index (χ1v) is 5.71. The second-order valence-electron chi connectivity index (χ2n) is 4.56. The van der Waals surface area contributed by atoms with Gasteiger partial charge in [-0.05, 0) is 31.7 Å². The monoisotopic (exact) mass is 258 g/mol. The number of rotatable bonds is 3. The maximum absolute atomic E-state index is 11.6. The Balaban J connectivity index is 0.00000144. The van der Waals surface area contributed by atoms with Gasteiger partial charge in [-0.15, -0.1) is 12.4 Å². The zero-order valence-corrected chi connectivity index (χ0v) is 10.7. The topological polar surface area (TPSA) is 83.8 Å².